The number of hydrogen-bond acceptors (Lipinski definition) is 4. The molecule has 2 aromatic rings. The number of likely N-dealkylation sites (tertiary alicyclic amines) is 1. The number of anilines is 2. The van der Waals surface area contributed by atoms with Crippen molar-refractivity contribution in [3.05, 3.63) is 52.7 Å². The van der Waals surface area contributed by atoms with Crippen molar-refractivity contribution in [2.24, 2.45) is 0 Å². The second-order valence-corrected chi connectivity index (χ2v) is 8.07. The van der Waals surface area contributed by atoms with Crippen molar-refractivity contribution < 1.29 is 9.59 Å². The number of fused-ring (bicyclic) bond motifs is 1. The van der Waals surface area contributed by atoms with Gasteiger partial charge in [-0.3, -0.25) is 9.59 Å². The van der Waals surface area contributed by atoms with Crippen molar-refractivity contribution in [2.45, 2.75) is 52.4 Å². The van der Waals surface area contributed by atoms with E-state index in [4.69, 9.17) is 4.98 Å². The predicted octanol–water partition coefficient (Wildman–Crippen LogP) is 4.56. The highest BCUT2D eigenvalue weighted by atomic mass is 16.2. The number of carbonyl (C=O) groups is 2. The maximum atomic E-state index is 12.9. The molecule has 1 aromatic carbocycles. The van der Waals surface area contributed by atoms with Crippen LogP contribution >= 0.6 is 0 Å². The number of Topliss-reactive ketones (excluding diaryl/α,β-unsaturated/α-hetero) is 1. The van der Waals surface area contributed by atoms with Crippen molar-refractivity contribution in [3.63, 3.8) is 0 Å². The Bertz CT molecular complexity index is 932. The van der Waals surface area contributed by atoms with Gasteiger partial charge in [-0.05, 0) is 80.8 Å². The molecule has 5 nitrogen and oxygen atoms in total. The molecule has 29 heavy (non-hydrogen) atoms. The van der Waals surface area contributed by atoms with Gasteiger partial charge in [-0.15, -0.1) is 0 Å². The first kappa shape index (κ1) is 19.6. The minimum Gasteiger partial charge on any atom is -0.339 e. The van der Waals surface area contributed by atoms with E-state index in [-0.39, 0.29) is 11.7 Å². The molecule has 3 heterocycles. The third-order valence-corrected chi connectivity index (χ3v) is 6.08. The Hall–Kier alpha value is -2.69. The average Bonchev–Trinajstić information content (AvgIpc) is 2.77. The number of benzene rings is 1. The van der Waals surface area contributed by atoms with Crippen LogP contribution in [0.2, 0.25) is 0 Å². The molecule has 2 aliphatic rings. The number of rotatable bonds is 4. The summed E-state index contributed by atoms with van der Waals surface area (Å²) in [6.45, 7) is 6.29. The van der Waals surface area contributed by atoms with E-state index < -0.39 is 0 Å². The zero-order valence-corrected chi connectivity index (χ0v) is 17.4. The number of aromatic nitrogens is 1. The van der Waals surface area contributed by atoms with Gasteiger partial charge in [-0.1, -0.05) is 6.92 Å². The lowest BCUT2D eigenvalue weighted by Gasteiger charge is -2.31. The van der Waals surface area contributed by atoms with E-state index in [1.807, 2.05) is 23.1 Å². The molecule has 0 N–H and O–H groups in total. The Kier molecular flexibility index (Phi) is 5.65. The minimum atomic E-state index is 0.103. The van der Waals surface area contributed by atoms with Crippen LogP contribution in [0.25, 0.3) is 0 Å². The average molecular weight is 392 g/mol. The molecular weight excluding hydrogens is 362 g/mol. The first-order valence-corrected chi connectivity index (χ1v) is 10.8. The lowest BCUT2D eigenvalue weighted by atomic mass is 9.99. The highest BCUT2D eigenvalue weighted by Gasteiger charge is 2.24. The van der Waals surface area contributed by atoms with Gasteiger partial charge in [0.05, 0.1) is 5.56 Å². The third kappa shape index (κ3) is 3.91. The lowest BCUT2D eigenvalue weighted by Crippen LogP contribution is -2.36. The summed E-state index contributed by atoms with van der Waals surface area (Å²) in [4.78, 5) is 33.6. The number of hydrogen-bond donors (Lipinski definition) is 0. The molecule has 0 spiro atoms. The van der Waals surface area contributed by atoms with Gasteiger partial charge in [0.2, 0.25) is 0 Å². The molecule has 0 saturated carbocycles. The molecule has 0 radical (unpaired) electrons. The quantitative estimate of drug-likeness (QED) is 0.717. The normalized spacial score (nSPS) is 16.5. The number of ketones is 1. The molecule has 152 valence electrons. The van der Waals surface area contributed by atoms with Gasteiger partial charge in [-0.25, -0.2) is 4.98 Å². The fraction of sp³-hybridized carbons (Fsp3) is 0.458. The summed E-state index contributed by atoms with van der Waals surface area (Å²) in [6, 6.07) is 8.09. The molecule has 5 heteroatoms. The number of pyridine rings is 1. The summed E-state index contributed by atoms with van der Waals surface area (Å²) in [5, 5.41) is 0. The van der Waals surface area contributed by atoms with Crippen LogP contribution in [0.3, 0.4) is 0 Å². The first-order valence-electron chi connectivity index (χ1n) is 10.8. The van der Waals surface area contributed by atoms with E-state index in [0.717, 1.165) is 79.9 Å². The van der Waals surface area contributed by atoms with Crippen molar-refractivity contribution in [3.8, 4) is 0 Å². The molecule has 1 aromatic heterocycles. The van der Waals surface area contributed by atoms with Crippen LogP contribution in [0.15, 0.2) is 30.5 Å². The molecule has 0 aliphatic carbocycles. The van der Waals surface area contributed by atoms with Gasteiger partial charge in [-0.2, -0.15) is 0 Å². The van der Waals surface area contributed by atoms with Crippen LogP contribution in [-0.2, 0) is 12.8 Å². The zero-order chi connectivity index (χ0) is 20.4. The van der Waals surface area contributed by atoms with E-state index >= 15 is 0 Å². The Balaban J connectivity index is 1.63. The maximum Gasteiger partial charge on any atom is 0.255 e. The van der Waals surface area contributed by atoms with Gasteiger partial charge in [0.25, 0.3) is 5.91 Å². The summed E-state index contributed by atoms with van der Waals surface area (Å²) < 4.78 is 0. The summed E-state index contributed by atoms with van der Waals surface area (Å²) in [6.07, 6.45) is 7.90. The molecule has 1 fully saturated rings. The van der Waals surface area contributed by atoms with Gasteiger partial charge in [0.15, 0.2) is 5.78 Å². The summed E-state index contributed by atoms with van der Waals surface area (Å²) in [5.41, 5.74) is 4.76. The Labute approximate surface area is 172 Å². The highest BCUT2D eigenvalue weighted by Crippen LogP contribution is 2.33. The van der Waals surface area contributed by atoms with Crippen LogP contribution in [0.5, 0.6) is 0 Å². The topological polar surface area (TPSA) is 53.5 Å². The van der Waals surface area contributed by atoms with E-state index in [1.165, 1.54) is 6.42 Å². The number of carbonyl (C=O) groups excluding carboxylic acids is 2. The fourth-order valence-electron chi connectivity index (χ4n) is 4.50. The fourth-order valence-corrected chi connectivity index (χ4v) is 4.50. The predicted molar refractivity (Wildman–Crippen MR) is 115 cm³/mol. The Morgan fingerprint density at radius 3 is 2.55 bits per heavy atom. The van der Waals surface area contributed by atoms with Crippen molar-refractivity contribution in [1.82, 2.24) is 9.88 Å². The lowest BCUT2D eigenvalue weighted by molar-refractivity contribution is 0.0723. The van der Waals surface area contributed by atoms with Crippen LogP contribution in [0, 0.1) is 0 Å². The SMILES string of the molecule is CCc1cc(N2CCCc3cc(C(=O)N4CCCCC4)cnc32)ccc1C(C)=O. The van der Waals surface area contributed by atoms with E-state index in [1.54, 1.807) is 13.1 Å². The molecule has 1 saturated heterocycles. The largest absolute Gasteiger partial charge is 0.339 e. The molecule has 1 amide bonds. The molecule has 4 rings (SSSR count). The number of amides is 1. The standard InChI is InChI=1S/C24H29N3O2/c1-3-18-15-21(9-10-22(18)17(2)28)27-13-7-8-19-14-20(16-25-23(19)27)24(29)26-11-5-4-6-12-26/h9-10,14-16H,3-8,11-13H2,1-2H3. The highest BCUT2D eigenvalue weighted by molar-refractivity contribution is 5.96. The molecular formula is C24H29N3O2. The number of aryl methyl sites for hydroxylation is 2. The zero-order valence-electron chi connectivity index (χ0n) is 17.4. The molecule has 2 aliphatic heterocycles. The monoisotopic (exact) mass is 391 g/mol. The van der Waals surface area contributed by atoms with E-state index in [9.17, 15) is 9.59 Å². The number of piperidine rings is 1. The second-order valence-electron chi connectivity index (χ2n) is 8.07. The first-order chi connectivity index (χ1) is 14.1. The van der Waals surface area contributed by atoms with Gasteiger partial charge >= 0.3 is 0 Å². The van der Waals surface area contributed by atoms with Crippen molar-refractivity contribution in [2.75, 3.05) is 24.5 Å². The van der Waals surface area contributed by atoms with Crippen molar-refractivity contribution in [1.29, 1.82) is 0 Å². The Morgan fingerprint density at radius 1 is 1.03 bits per heavy atom. The van der Waals surface area contributed by atoms with E-state index in [0.29, 0.717) is 5.56 Å². The van der Waals surface area contributed by atoms with Crippen LogP contribution < -0.4 is 4.90 Å². The molecule has 0 bridgehead atoms. The Morgan fingerprint density at radius 2 is 1.83 bits per heavy atom. The second kappa shape index (κ2) is 8.36. The third-order valence-electron chi connectivity index (χ3n) is 6.08. The molecule has 0 atom stereocenters. The van der Waals surface area contributed by atoms with Gasteiger partial charge < -0.3 is 9.80 Å². The molecule has 0 unspecified atom stereocenters. The van der Waals surface area contributed by atoms with E-state index in [2.05, 4.69) is 17.9 Å². The van der Waals surface area contributed by atoms with Crippen LogP contribution in [-0.4, -0.2) is 41.2 Å². The van der Waals surface area contributed by atoms with Gasteiger partial charge in [0, 0.05) is 37.1 Å². The van der Waals surface area contributed by atoms with Crippen molar-refractivity contribution >= 4 is 23.2 Å². The summed E-state index contributed by atoms with van der Waals surface area (Å²) in [7, 11) is 0. The van der Waals surface area contributed by atoms with Gasteiger partial charge in [0.1, 0.15) is 5.82 Å². The minimum absolute atomic E-state index is 0.103. The van der Waals surface area contributed by atoms with Crippen LogP contribution in [0.4, 0.5) is 11.5 Å². The maximum absolute atomic E-state index is 12.9. The smallest absolute Gasteiger partial charge is 0.255 e. The summed E-state index contributed by atoms with van der Waals surface area (Å²) >= 11 is 0. The summed E-state index contributed by atoms with van der Waals surface area (Å²) in [5.74, 6) is 1.15. The number of nitrogens with zero attached hydrogens (tertiary/aromatic N) is 3. The van der Waals surface area contributed by atoms with Crippen LogP contribution in [0.1, 0.15) is 71.4 Å².